The molecule has 1 amide bonds. The van der Waals surface area contributed by atoms with E-state index in [0.717, 1.165) is 12.8 Å². The van der Waals surface area contributed by atoms with Crippen LogP contribution in [0.1, 0.15) is 29.2 Å². The van der Waals surface area contributed by atoms with Crippen molar-refractivity contribution in [3.63, 3.8) is 0 Å². The number of rotatable bonds is 5. The minimum Gasteiger partial charge on any atom is -0.455 e. The van der Waals surface area contributed by atoms with Crippen molar-refractivity contribution in [3.8, 4) is 0 Å². The highest BCUT2D eigenvalue weighted by molar-refractivity contribution is 9.11. The Morgan fingerprint density at radius 1 is 1.48 bits per heavy atom. The van der Waals surface area contributed by atoms with E-state index in [4.69, 9.17) is 4.42 Å². The molecule has 0 radical (unpaired) electrons. The highest BCUT2D eigenvalue weighted by Crippen LogP contribution is 2.26. The lowest BCUT2D eigenvalue weighted by Gasteiger charge is -2.14. The molecule has 0 unspecified atom stereocenters. The maximum Gasteiger partial charge on any atom is 0.287 e. The largest absolute Gasteiger partial charge is 0.455 e. The van der Waals surface area contributed by atoms with Crippen LogP contribution in [0.5, 0.6) is 0 Å². The molecule has 0 saturated carbocycles. The van der Waals surface area contributed by atoms with Crippen LogP contribution in [0.4, 0.5) is 0 Å². The summed E-state index contributed by atoms with van der Waals surface area (Å²) in [7, 11) is -3.58. The van der Waals surface area contributed by atoms with Crippen LogP contribution in [-0.4, -0.2) is 38.3 Å². The fourth-order valence-corrected chi connectivity index (χ4v) is 3.98. The molecule has 1 aromatic heterocycles. The van der Waals surface area contributed by atoms with Crippen molar-refractivity contribution in [2.24, 2.45) is 0 Å². The molecule has 0 atom stereocenters. The lowest BCUT2D eigenvalue weighted by molar-refractivity contribution is 0.0929. The van der Waals surface area contributed by atoms with Gasteiger partial charge in [0.1, 0.15) is 10.7 Å². The number of hydrogen-bond acceptors (Lipinski definition) is 4. The zero-order chi connectivity index (χ0) is 15.6. The molecular formula is C13H17BrN2O4S. The molecule has 116 valence electrons. The van der Waals surface area contributed by atoms with Gasteiger partial charge in [0, 0.05) is 30.2 Å². The lowest BCUT2D eigenvalue weighted by Crippen LogP contribution is -2.28. The standard InChI is InChI=1S/C13H17BrN2O4S/c1-9(14)8-15-13(17)11-7-12(10(2)20-11)21(18,19)16-5-3-4-6-16/h7H,1,3-6,8H2,2H3,(H,15,17). The van der Waals surface area contributed by atoms with Crippen LogP contribution >= 0.6 is 15.9 Å². The molecular weight excluding hydrogens is 360 g/mol. The van der Waals surface area contributed by atoms with E-state index in [1.165, 1.54) is 10.4 Å². The van der Waals surface area contributed by atoms with Crippen molar-refractivity contribution in [3.05, 3.63) is 28.6 Å². The summed E-state index contributed by atoms with van der Waals surface area (Å²) >= 11 is 3.13. The van der Waals surface area contributed by atoms with Gasteiger partial charge in [0.15, 0.2) is 5.76 Å². The first kappa shape index (κ1) is 16.3. The highest BCUT2D eigenvalue weighted by atomic mass is 79.9. The van der Waals surface area contributed by atoms with E-state index in [1.807, 2.05) is 0 Å². The number of aryl methyl sites for hydroxylation is 1. The molecule has 0 bridgehead atoms. The van der Waals surface area contributed by atoms with E-state index >= 15 is 0 Å². The zero-order valence-electron chi connectivity index (χ0n) is 11.7. The number of nitrogens with one attached hydrogen (secondary N) is 1. The van der Waals surface area contributed by atoms with E-state index in [2.05, 4.69) is 27.8 Å². The molecule has 1 aliphatic rings. The molecule has 1 aliphatic heterocycles. The van der Waals surface area contributed by atoms with Crippen LogP contribution in [0.25, 0.3) is 0 Å². The number of hydrogen-bond donors (Lipinski definition) is 1. The second-order valence-electron chi connectivity index (χ2n) is 4.84. The molecule has 2 heterocycles. The topological polar surface area (TPSA) is 79.6 Å². The van der Waals surface area contributed by atoms with Crippen LogP contribution in [0.3, 0.4) is 0 Å². The first-order valence-corrected chi connectivity index (χ1v) is 8.77. The quantitative estimate of drug-likeness (QED) is 0.852. The maximum atomic E-state index is 12.5. The monoisotopic (exact) mass is 376 g/mol. The Morgan fingerprint density at radius 3 is 2.67 bits per heavy atom. The smallest absolute Gasteiger partial charge is 0.287 e. The maximum absolute atomic E-state index is 12.5. The second kappa shape index (κ2) is 6.33. The molecule has 0 aromatic carbocycles. The Balaban J connectivity index is 2.22. The number of sulfonamides is 1. The van der Waals surface area contributed by atoms with E-state index in [1.54, 1.807) is 6.92 Å². The van der Waals surface area contributed by atoms with Crippen LogP contribution in [-0.2, 0) is 10.0 Å². The average molecular weight is 377 g/mol. The normalized spacial score (nSPS) is 16.1. The third kappa shape index (κ3) is 3.56. The SMILES string of the molecule is C=C(Br)CNC(=O)c1cc(S(=O)(=O)N2CCCC2)c(C)o1. The summed E-state index contributed by atoms with van der Waals surface area (Å²) in [6.07, 6.45) is 1.72. The predicted octanol–water partition coefficient (Wildman–Crippen LogP) is 2.01. The molecule has 2 rings (SSSR count). The fourth-order valence-electron chi connectivity index (χ4n) is 2.16. The van der Waals surface area contributed by atoms with Gasteiger partial charge in [-0.1, -0.05) is 22.5 Å². The summed E-state index contributed by atoms with van der Waals surface area (Å²) in [5.41, 5.74) is 0. The van der Waals surface area contributed by atoms with Crippen molar-refractivity contribution in [1.82, 2.24) is 9.62 Å². The average Bonchev–Trinajstić information content (AvgIpc) is 3.05. The van der Waals surface area contributed by atoms with Gasteiger partial charge in [0.25, 0.3) is 5.91 Å². The summed E-state index contributed by atoms with van der Waals surface area (Å²) in [6.45, 7) is 6.42. The predicted molar refractivity (Wildman–Crippen MR) is 81.8 cm³/mol. The van der Waals surface area contributed by atoms with E-state index in [-0.39, 0.29) is 23.0 Å². The van der Waals surface area contributed by atoms with Gasteiger partial charge in [-0.25, -0.2) is 8.42 Å². The third-order valence-corrected chi connectivity index (χ3v) is 5.51. The lowest BCUT2D eigenvalue weighted by atomic mass is 10.4. The van der Waals surface area contributed by atoms with Crippen LogP contribution < -0.4 is 5.32 Å². The first-order valence-electron chi connectivity index (χ1n) is 6.54. The van der Waals surface area contributed by atoms with Gasteiger partial charge < -0.3 is 9.73 Å². The van der Waals surface area contributed by atoms with Crippen LogP contribution in [0, 0.1) is 6.92 Å². The Bertz CT molecular complexity index is 660. The van der Waals surface area contributed by atoms with Crippen molar-refractivity contribution >= 4 is 31.9 Å². The molecule has 1 saturated heterocycles. The first-order chi connectivity index (χ1) is 9.82. The van der Waals surface area contributed by atoms with Gasteiger partial charge in [0.2, 0.25) is 10.0 Å². The fraction of sp³-hybridized carbons (Fsp3) is 0.462. The van der Waals surface area contributed by atoms with Crippen molar-refractivity contribution in [1.29, 1.82) is 0 Å². The Hall–Kier alpha value is -1.12. The van der Waals surface area contributed by atoms with E-state index < -0.39 is 15.9 Å². The van der Waals surface area contributed by atoms with Gasteiger partial charge >= 0.3 is 0 Å². The van der Waals surface area contributed by atoms with Crippen LogP contribution in [0.2, 0.25) is 0 Å². The minimum absolute atomic E-state index is 0.0148. The number of amides is 1. The highest BCUT2D eigenvalue weighted by Gasteiger charge is 2.31. The van der Waals surface area contributed by atoms with E-state index in [9.17, 15) is 13.2 Å². The number of carbonyl (C=O) groups is 1. The molecule has 1 aromatic rings. The Labute approximate surface area is 132 Å². The summed E-state index contributed by atoms with van der Waals surface area (Å²) in [5, 5.41) is 2.57. The molecule has 6 nitrogen and oxygen atoms in total. The number of furan rings is 1. The van der Waals surface area contributed by atoms with Crippen molar-refractivity contribution in [2.45, 2.75) is 24.7 Å². The molecule has 8 heteroatoms. The Kier molecular flexibility index (Phi) is 4.90. The molecule has 1 N–H and O–H groups in total. The summed E-state index contributed by atoms with van der Waals surface area (Å²) in [5.74, 6) is -0.259. The number of halogens is 1. The Morgan fingerprint density at radius 2 is 2.10 bits per heavy atom. The van der Waals surface area contributed by atoms with Crippen LogP contribution in [0.15, 0.2) is 26.4 Å². The zero-order valence-corrected chi connectivity index (χ0v) is 14.1. The van der Waals surface area contributed by atoms with Gasteiger partial charge in [-0.3, -0.25) is 4.79 Å². The molecule has 0 aliphatic carbocycles. The van der Waals surface area contributed by atoms with Crippen molar-refractivity contribution in [2.75, 3.05) is 19.6 Å². The summed E-state index contributed by atoms with van der Waals surface area (Å²) in [4.78, 5) is 11.9. The summed E-state index contributed by atoms with van der Waals surface area (Å²) in [6, 6.07) is 1.29. The van der Waals surface area contributed by atoms with Gasteiger partial charge in [0.05, 0.1) is 0 Å². The molecule has 1 fully saturated rings. The van der Waals surface area contributed by atoms with Gasteiger partial charge in [-0.05, 0) is 19.8 Å². The molecule has 21 heavy (non-hydrogen) atoms. The second-order valence-corrected chi connectivity index (χ2v) is 7.87. The van der Waals surface area contributed by atoms with E-state index in [0.29, 0.717) is 17.6 Å². The summed E-state index contributed by atoms with van der Waals surface area (Å²) < 4.78 is 32.3. The van der Waals surface area contributed by atoms with Crippen molar-refractivity contribution < 1.29 is 17.6 Å². The third-order valence-electron chi connectivity index (χ3n) is 3.22. The van der Waals surface area contributed by atoms with Gasteiger partial charge in [-0.2, -0.15) is 4.31 Å². The number of nitrogens with zero attached hydrogens (tertiary/aromatic N) is 1. The molecule has 0 spiro atoms. The number of carbonyl (C=O) groups excluding carboxylic acids is 1. The van der Waals surface area contributed by atoms with Gasteiger partial charge in [-0.15, -0.1) is 0 Å². The minimum atomic E-state index is -3.58.